The van der Waals surface area contributed by atoms with Crippen molar-refractivity contribution >= 4 is 21.7 Å². The second-order valence-electron chi connectivity index (χ2n) is 5.90. The van der Waals surface area contributed by atoms with E-state index in [0.29, 0.717) is 5.69 Å². The summed E-state index contributed by atoms with van der Waals surface area (Å²) in [4.78, 5) is 14.0. The molecule has 1 saturated carbocycles. The molecule has 0 aromatic heterocycles. The van der Waals surface area contributed by atoms with Crippen LogP contribution in [0.5, 0.6) is 0 Å². The smallest absolute Gasteiger partial charge is 0.321 e. The molecule has 3 rings (SSSR count). The molecule has 1 aliphatic heterocycles. The summed E-state index contributed by atoms with van der Waals surface area (Å²) in [6.45, 7) is 1.56. The summed E-state index contributed by atoms with van der Waals surface area (Å²) >= 11 is 0. The molecule has 2 aliphatic rings. The monoisotopic (exact) mass is 323 g/mol. The van der Waals surface area contributed by atoms with Crippen LogP contribution in [0.3, 0.4) is 0 Å². The highest BCUT2D eigenvalue weighted by atomic mass is 32.2. The first-order valence-electron chi connectivity index (χ1n) is 7.62. The van der Waals surface area contributed by atoms with Crippen LogP contribution in [0.15, 0.2) is 29.2 Å². The van der Waals surface area contributed by atoms with Crippen molar-refractivity contribution in [2.45, 2.75) is 36.6 Å². The second kappa shape index (κ2) is 5.89. The summed E-state index contributed by atoms with van der Waals surface area (Å²) in [6.07, 6.45) is 3.94. The maximum Gasteiger partial charge on any atom is 0.321 e. The molecule has 0 spiro atoms. The van der Waals surface area contributed by atoms with E-state index in [-0.39, 0.29) is 17.0 Å². The lowest BCUT2D eigenvalue weighted by Crippen LogP contribution is -2.32. The predicted molar refractivity (Wildman–Crippen MR) is 84.2 cm³/mol. The van der Waals surface area contributed by atoms with Gasteiger partial charge in [-0.05, 0) is 49.9 Å². The Morgan fingerprint density at radius 3 is 2.32 bits per heavy atom. The van der Waals surface area contributed by atoms with Crippen LogP contribution < -0.4 is 5.32 Å². The van der Waals surface area contributed by atoms with E-state index in [1.807, 2.05) is 0 Å². The first-order chi connectivity index (χ1) is 10.5. The van der Waals surface area contributed by atoms with Gasteiger partial charge in [0, 0.05) is 31.9 Å². The number of amides is 2. The van der Waals surface area contributed by atoms with E-state index in [4.69, 9.17) is 0 Å². The Morgan fingerprint density at radius 1 is 1.18 bits per heavy atom. The number of carbonyl (C=O) groups is 1. The van der Waals surface area contributed by atoms with Crippen LogP contribution in [0.1, 0.15) is 25.7 Å². The molecule has 0 bridgehead atoms. The van der Waals surface area contributed by atoms with E-state index in [0.717, 1.165) is 38.8 Å². The van der Waals surface area contributed by atoms with Gasteiger partial charge in [0.15, 0.2) is 0 Å². The Kier molecular flexibility index (Phi) is 4.10. The van der Waals surface area contributed by atoms with Gasteiger partial charge in [-0.2, -0.15) is 4.31 Å². The third-order valence-corrected chi connectivity index (χ3v) is 6.16. The molecule has 1 N–H and O–H groups in total. The highest BCUT2D eigenvalue weighted by Crippen LogP contribution is 2.30. The van der Waals surface area contributed by atoms with Crippen LogP contribution in [-0.4, -0.2) is 49.8 Å². The van der Waals surface area contributed by atoms with E-state index in [1.165, 1.54) is 4.31 Å². The predicted octanol–water partition coefficient (Wildman–Crippen LogP) is 2.10. The molecule has 120 valence electrons. The molecule has 2 amide bonds. The molecule has 1 aliphatic carbocycles. The molecule has 1 aromatic carbocycles. The van der Waals surface area contributed by atoms with Crippen molar-refractivity contribution in [3.63, 3.8) is 0 Å². The van der Waals surface area contributed by atoms with Gasteiger partial charge in [0.25, 0.3) is 0 Å². The Labute approximate surface area is 131 Å². The Morgan fingerprint density at radius 2 is 1.77 bits per heavy atom. The topological polar surface area (TPSA) is 69.7 Å². The quantitative estimate of drug-likeness (QED) is 0.922. The molecule has 7 heteroatoms. The molecule has 0 unspecified atom stereocenters. The van der Waals surface area contributed by atoms with Gasteiger partial charge in [-0.1, -0.05) is 0 Å². The number of urea groups is 1. The molecule has 0 radical (unpaired) electrons. The number of carbonyl (C=O) groups excluding carboxylic acids is 1. The minimum absolute atomic E-state index is 0.122. The summed E-state index contributed by atoms with van der Waals surface area (Å²) in [5.41, 5.74) is 0.616. The van der Waals surface area contributed by atoms with Crippen molar-refractivity contribution in [1.29, 1.82) is 0 Å². The van der Waals surface area contributed by atoms with Gasteiger partial charge in [-0.15, -0.1) is 0 Å². The molecular weight excluding hydrogens is 302 g/mol. The zero-order valence-corrected chi connectivity index (χ0v) is 13.5. The Hall–Kier alpha value is -1.60. The highest BCUT2D eigenvalue weighted by Gasteiger charge is 2.34. The minimum Gasteiger partial charge on any atom is -0.325 e. The Balaban J connectivity index is 1.68. The first-order valence-corrected chi connectivity index (χ1v) is 9.06. The molecule has 22 heavy (non-hydrogen) atoms. The average Bonchev–Trinajstić information content (AvgIpc) is 3.20. The van der Waals surface area contributed by atoms with Crippen molar-refractivity contribution in [2.75, 3.05) is 25.5 Å². The zero-order chi connectivity index (χ0) is 15.7. The molecule has 1 heterocycles. The fourth-order valence-electron chi connectivity index (χ4n) is 2.63. The van der Waals surface area contributed by atoms with Gasteiger partial charge >= 0.3 is 6.03 Å². The summed E-state index contributed by atoms with van der Waals surface area (Å²) < 4.78 is 26.2. The van der Waals surface area contributed by atoms with Gasteiger partial charge in [0.2, 0.25) is 10.0 Å². The van der Waals surface area contributed by atoms with Gasteiger partial charge in [-0.25, -0.2) is 13.2 Å². The van der Waals surface area contributed by atoms with Crippen molar-refractivity contribution < 1.29 is 13.2 Å². The molecule has 0 atom stereocenters. The van der Waals surface area contributed by atoms with Gasteiger partial charge in [-0.3, -0.25) is 0 Å². The SMILES string of the molecule is CN(C1CC1)S(=O)(=O)c1ccc(NC(=O)N2CCCC2)cc1. The molecule has 1 saturated heterocycles. The maximum absolute atomic E-state index is 12.4. The number of anilines is 1. The normalized spacial score (nSPS) is 18.7. The van der Waals surface area contributed by atoms with Gasteiger partial charge in [0.05, 0.1) is 4.90 Å². The fourth-order valence-corrected chi connectivity index (χ4v) is 4.05. The second-order valence-corrected chi connectivity index (χ2v) is 7.90. The first kappa shape index (κ1) is 15.3. The number of nitrogens with one attached hydrogen (secondary N) is 1. The van der Waals surface area contributed by atoms with Crippen LogP contribution >= 0.6 is 0 Å². The molecule has 2 fully saturated rings. The standard InChI is InChI=1S/C15H21N3O3S/c1-17(13-6-7-13)22(20,21)14-8-4-12(5-9-14)16-15(19)18-10-2-3-11-18/h4-5,8-9,13H,2-3,6-7,10-11H2,1H3,(H,16,19). The minimum atomic E-state index is -3.43. The third kappa shape index (κ3) is 3.10. The summed E-state index contributed by atoms with van der Waals surface area (Å²) in [7, 11) is -1.81. The Bertz CT molecular complexity index is 647. The van der Waals surface area contributed by atoms with Crippen LogP contribution in [0.25, 0.3) is 0 Å². The van der Waals surface area contributed by atoms with Crippen molar-refractivity contribution in [3.8, 4) is 0 Å². The van der Waals surface area contributed by atoms with Crippen LogP contribution in [-0.2, 0) is 10.0 Å². The number of hydrogen-bond donors (Lipinski definition) is 1. The van der Waals surface area contributed by atoms with E-state index < -0.39 is 10.0 Å². The van der Waals surface area contributed by atoms with E-state index >= 15 is 0 Å². The number of rotatable bonds is 4. The number of sulfonamides is 1. The third-order valence-electron chi connectivity index (χ3n) is 4.24. The van der Waals surface area contributed by atoms with Gasteiger partial charge in [0.1, 0.15) is 0 Å². The van der Waals surface area contributed by atoms with Crippen LogP contribution in [0, 0.1) is 0 Å². The highest BCUT2D eigenvalue weighted by molar-refractivity contribution is 7.89. The lowest BCUT2D eigenvalue weighted by Gasteiger charge is -2.18. The number of hydrogen-bond acceptors (Lipinski definition) is 3. The summed E-state index contributed by atoms with van der Waals surface area (Å²) in [5, 5.41) is 2.81. The number of nitrogens with zero attached hydrogens (tertiary/aromatic N) is 2. The average molecular weight is 323 g/mol. The molecule has 1 aromatic rings. The number of likely N-dealkylation sites (tertiary alicyclic amines) is 1. The lowest BCUT2D eigenvalue weighted by molar-refractivity contribution is 0.222. The summed E-state index contributed by atoms with van der Waals surface area (Å²) in [6, 6.07) is 6.40. The van der Waals surface area contributed by atoms with Crippen molar-refractivity contribution in [2.24, 2.45) is 0 Å². The molecule has 6 nitrogen and oxygen atoms in total. The van der Waals surface area contributed by atoms with Crippen LogP contribution in [0.4, 0.5) is 10.5 Å². The largest absolute Gasteiger partial charge is 0.325 e. The van der Waals surface area contributed by atoms with Crippen molar-refractivity contribution in [3.05, 3.63) is 24.3 Å². The van der Waals surface area contributed by atoms with E-state index in [2.05, 4.69) is 5.32 Å². The lowest BCUT2D eigenvalue weighted by atomic mass is 10.3. The van der Waals surface area contributed by atoms with Gasteiger partial charge < -0.3 is 10.2 Å². The van der Waals surface area contributed by atoms with E-state index in [1.54, 1.807) is 36.2 Å². The van der Waals surface area contributed by atoms with Crippen LogP contribution in [0.2, 0.25) is 0 Å². The summed E-state index contributed by atoms with van der Waals surface area (Å²) in [5.74, 6) is 0. The molecular formula is C15H21N3O3S. The zero-order valence-electron chi connectivity index (χ0n) is 12.7. The van der Waals surface area contributed by atoms with E-state index in [9.17, 15) is 13.2 Å². The number of benzene rings is 1. The van der Waals surface area contributed by atoms with Crippen molar-refractivity contribution in [1.82, 2.24) is 9.21 Å². The maximum atomic E-state index is 12.4. The fraction of sp³-hybridized carbons (Fsp3) is 0.533.